The van der Waals surface area contributed by atoms with Crippen molar-refractivity contribution < 1.29 is 17.7 Å². The van der Waals surface area contributed by atoms with E-state index in [0.29, 0.717) is 11.3 Å². The molecule has 0 heterocycles. The molecule has 148 valence electrons. The predicted octanol–water partition coefficient (Wildman–Crippen LogP) is 2.27. The molecule has 0 aromatic rings. The fraction of sp³-hybridized carbons (Fsp3) is 1.00. The van der Waals surface area contributed by atoms with E-state index >= 15 is 0 Å². The van der Waals surface area contributed by atoms with Crippen LogP contribution in [-0.2, 0) is 17.7 Å². The van der Waals surface area contributed by atoms with Gasteiger partial charge >= 0.3 is 17.1 Å². The number of hydrogen-bond donors (Lipinski definition) is 0. The first kappa shape index (κ1) is 28.5. The number of halogens is 4. The molecule has 0 aromatic heterocycles. The van der Waals surface area contributed by atoms with Crippen molar-refractivity contribution in [1.82, 2.24) is 0 Å². The van der Waals surface area contributed by atoms with Crippen LogP contribution in [0.1, 0.15) is 0 Å². The Morgan fingerprint density at radius 1 is 0.917 bits per heavy atom. The third kappa shape index (κ3) is 14.4. The van der Waals surface area contributed by atoms with Crippen molar-refractivity contribution in [2.75, 3.05) is 28.4 Å². The Morgan fingerprint density at radius 3 is 1.62 bits per heavy atom. The van der Waals surface area contributed by atoms with Gasteiger partial charge in [-0.25, -0.2) is 0 Å². The maximum atomic E-state index is 6.22. The molecular formula is C10H32Cl4O4Si6. The van der Waals surface area contributed by atoms with Crippen LogP contribution in [0.5, 0.6) is 0 Å². The van der Waals surface area contributed by atoms with Gasteiger partial charge in [-0.2, -0.15) is 22.2 Å². The van der Waals surface area contributed by atoms with Crippen LogP contribution in [0.25, 0.3) is 0 Å². The smallest absolute Gasteiger partial charge is 0.334 e. The van der Waals surface area contributed by atoms with E-state index in [4.69, 9.17) is 62.0 Å². The minimum Gasteiger partial charge on any atom is -0.398 e. The van der Waals surface area contributed by atoms with E-state index in [0.717, 1.165) is 0 Å². The highest BCUT2D eigenvalue weighted by atomic mass is 35.7. The topological polar surface area (TPSA) is 36.9 Å². The molecular weight excluding hydrogens is 494 g/mol. The van der Waals surface area contributed by atoms with Crippen LogP contribution >= 0.6 is 44.3 Å². The zero-order valence-electron chi connectivity index (χ0n) is 15.8. The molecule has 0 unspecified atom stereocenters. The van der Waals surface area contributed by atoms with Gasteiger partial charge < -0.3 is 17.7 Å². The molecule has 0 bridgehead atoms. The van der Waals surface area contributed by atoms with Crippen molar-refractivity contribution in [3.63, 3.8) is 0 Å². The highest BCUT2D eigenvalue weighted by Crippen LogP contribution is 2.33. The highest BCUT2D eigenvalue weighted by molar-refractivity contribution is 7.53. The van der Waals surface area contributed by atoms with Crippen LogP contribution in [0.15, 0.2) is 0 Å². The summed E-state index contributed by atoms with van der Waals surface area (Å²) in [4.78, 5) is 0. The van der Waals surface area contributed by atoms with E-state index in [1.165, 1.54) is 21.6 Å². The first-order valence-corrected chi connectivity index (χ1v) is 25.0. The van der Waals surface area contributed by atoms with Crippen LogP contribution in [0.2, 0.25) is 35.8 Å². The van der Waals surface area contributed by atoms with Gasteiger partial charge in [0, 0.05) is 43.6 Å². The van der Waals surface area contributed by atoms with Gasteiger partial charge in [0.25, 0.3) is 6.69 Å². The Hall–Kier alpha value is 2.30. The lowest BCUT2D eigenvalue weighted by molar-refractivity contribution is 0.254. The van der Waals surface area contributed by atoms with Crippen LogP contribution in [0.3, 0.4) is 0 Å². The lowest BCUT2D eigenvalue weighted by Gasteiger charge is -2.28. The molecule has 14 heteroatoms. The molecule has 0 atom stereocenters. The molecule has 0 saturated heterocycles. The second-order valence-corrected chi connectivity index (χ2v) is 33.0. The molecule has 0 aromatic carbocycles. The zero-order valence-corrected chi connectivity index (χ0v) is 26.4. The molecule has 0 aliphatic rings. The molecule has 0 spiro atoms. The van der Waals surface area contributed by atoms with Gasteiger partial charge in [0.15, 0.2) is 0 Å². The molecule has 0 rings (SSSR count). The maximum Gasteiger partial charge on any atom is 0.334 e. The standard InChI is InChI=1S/C5H14Cl4O2Si3.C5H18O2Si3/c1-10-13(3,11-2)5-14(8,9)4-12(6)7;1-6-10(3,7-2)5-9-4-8/h12H,4-5H2,1-3H3;4-5,9H2,1-3,8H3. The second-order valence-electron chi connectivity index (χ2n) is 5.82. The lowest BCUT2D eigenvalue weighted by atomic mass is 11.8. The summed E-state index contributed by atoms with van der Waals surface area (Å²) in [5, 5.41) is 0. The van der Waals surface area contributed by atoms with Crippen molar-refractivity contribution in [3.05, 3.63) is 0 Å². The summed E-state index contributed by atoms with van der Waals surface area (Å²) in [6, 6.07) is 0. The van der Waals surface area contributed by atoms with Crippen molar-refractivity contribution in [3.8, 4) is 0 Å². The molecule has 0 aliphatic carbocycles. The quantitative estimate of drug-likeness (QED) is 0.306. The zero-order chi connectivity index (χ0) is 19.4. The Morgan fingerprint density at radius 2 is 1.33 bits per heavy atom. The summed E-state index contributed by atoms with van der Waals surface area (Å²) in [5.41, 5.74) is 3.94. The third-order valence-corrected chi connectivity index (χ3v) is 31.3. The van der Waals surface area contributed by atoms with E-state index in [1.807, 2.05) is 6.55 Å². The largest absolute Gasteiger partial charge is 0.398 e. The first-order chi connectivity index (χ1) is 10.9. The fourth-order valence-corrected chi connectivity index (χ4v) is 34.2. The van der Waals surface area contributed by atoms with Gasteiger partial charge in [-0.15, -0.1) is 22.2 Å². The van der Waals surface area contributed by atoms with E-state index in [2.05, 4.69) is 6.55 Å². The van der Waals surface area contributed by atoms with E-state index in [-0.39, 0.29) is 9.52 Å². The van der Waals surface area contributed by atoms with Gasteiger partial charge in [0.1, 0.15) is 0 Å². The SMILES string of the molecule is CO[Si](C)(C[SiH2]C[SiH3])OC.CO[Si](C)(C[Si](Cl)(Cl)C[SiH](Cl)Cl)OC. The lowest BCUT2D eigenvalue weighted by Crippen LogP contribution is -2.44. The minimum absolute atomic E-state index is 0.169. The Kier molecular flexibility index (Phi) is 17.0. The summed E-state index contributed by atoms with van der Waals surface area (Å²) in [7, 11) is 2.73. The third-order valence-electron chi connectivity index (χ3n) is 3.74. The normalized spacial score (nSPS) is 13.6. The molecule has 4 nitrogen and oxygen atoms in total. The van der Waals surface area contributed by atoms with Crippen molar-refractivity contribution in [2.24, 2.45) is 0 Å². The summed E-state index contributed by atoms with van der Waals surface area (Å²) in [6.45, 7) is 1.69. The van der Waals surface area contributed by atoms with Gasteiger partial charge in [0.2, 0.25) is 7.42 Å². The van der Waals surface area contributed by atoms with Crippen molar-refractivity contribution >= 4 is 95.3 Å². The van der Waals surface area contributed by atoms with Crippen LogP contribution in [0, 0.1) is 0 Å². The van der Waals surface area contributed by atoms with Crippen LogP contribution in [0.4, 0.5) is 0 Å². The maximum absolute atomic E-state index is 6.22. The van der Waals surface area contributed by atoms with E-state index < -0.39 is 31.2 Å². The second kappa shape index (κ2) is 14.3. The molecule has 24 heavy (non-hydrogen) atoms. The molecule has 0 fully saturated rings. The van der Waals surface area contributed by atoms with Crippen molar-refractivity contribution in [1.29, 1.82) is 0 Å². The monoisotopic (exact) mass is 524 g/mol. The van der Waals surface area contributed by atoms with Crippen LogP contribution in [-0.4, -0.2) is 79.4 Å². The average molecular weight is 527 g/mol. The summed E-state index contributed by atoms with van der Waals surface area (Å²) in [5.74, 6) is 0. The molecule has 0 N–H and O–H groups in total. The van der Waals surface area contributed by atoms with E-state index in [9.17, 15) is 0 Å². The van der Waals surface area contributed by atoms with Gasteiger partial charge in [-0.1, -0.05) is 5.67 Å². The summed E-state index contributed by atoms with van der Waals surface area (Å²) < 4.78 is 21.3. The highest BCUT2D eigenvalue weighted by Gasteiger charge is 2.43. The Balaban J connectivity index is 0. The number of rotatable bonds is 11. The van der Waals surface area contributed by atoms with Gasteiger partial charge in [-0.05, 0) is 34.7 Å². The summed E-state index contributed by atoms with van der Waals surface area (Å²) >= 11 is 24.0. The summed E-state index contributed by atoms with van der Waals surface area (Å²) in [6.07, 6.45) is 0. The predicted molar refractivity (Wildman–Crippen MR) is 125 cm³/mol. The Bertz CT molecular complexity index is 322. The van der Waals surface area contributed by atoms with Gasteiger partial charge in [-0.3, -0.25) is 0 Å². The van der Waals surface area contributed by atoms with E-state index in [1.54, 1.807) is 28.4 Å². The molecule has 0 radical (unpaired) electrons. The first-order valence-electron chi connectivity index (χ1n) is 7.79. The average Bonchev–Trinajstić information content (AvgIpc) is 2.51. The van der Waals surface area contributed by atoms with Crippen molar-refractivity contribution in [2.45, 2.75) is 35.8 Å². The molecule has 0 saturated carbocycles. The molecule has 0 amide bonds. The van der Waals surface area contributed by atoms with Gasteiger partial charge in [0.05, 0.1) is 0 Å². The number of hydrogen-bond acceptors (Lipinski definition) is 4. The minimum atomic E-state index is -2.39. The fourth-order valence-electron chi connectivity index (χ4n) is 1.78. The molecule has 0 aliphatic heterocycles. The van der Waals surface area contributed by atoms with Crippen LogP contribution < -0.4 is 0 Å². The Labute approximate surface area is 176 Å².